The lowest BCUT2D eigenvalue weighted by Gasteiger charge is -2.16. The molecule has 0 N–H and O–H groups in total. The van der Waals surface area contributed by atoms with Gasteiger partial charge in [0, 0.05) is 60.6 Å². The van der Waals surface area contributed by atoms with Gasteiger partial charge in [0.05, 0.1) is 50.8 Å². The summed E-state index contributed by atoms with van der Waals surface area (Å²) in [5.41, 5.74) is 15.6. The highest BCUT2D eigenvalue weighted by Crippen LogP contribution is 2.41. The normalized spacial score (nSPS) is 11.4. The van der Waals surface area contributed by atoms with Gasteiger partial charge in [0.25, 0.3) is 0 Å². The zero-order valence-electron chi connectivity index (χ0n) is 40.8. The fourth-order valence-corrected chi connectivity index (χ4v) is 10.6. The highest BCUT2D eigenvalue weighted by molar-refractivity contribution is 6.12. The van der Waals surface area contributed by atoms with Crippen LogP contribution in [0.15, 0.2) is 255 Å². The molecule has 14 rings (SSSR count). The molecule has 0 aliphatic carbocycles. The number of fused-ring (bicyclic) bond motifs is 6. The van der Waals surface area contributed by atoms with Crippen LogP contribution in [0, 0.1) is 11.3 Å². The molecule has 10 aromatic carbocycles. The molecule has 0 aliphatic heterocycles. The highest BCUT2D eigenvalue weighted by Gasteiger charge is 2.22. The van der Waals surface area contributed by atoms with Gasteiger partial charge in [-0.15, -0.1) is 0 Å². The van der Waals surface area contributed by atoms with Gasteiger partial charge in [0.15, 0.2) is 23.3 Å². The molecule has 0 atom stereocenters. The van der Waals surface area contributed by atoms with E-state index >= 15 is 0 Å². The third-order valence-corrected chi connectivity index (χ3v) is 14.2. The Hall–Kier alpha value is -10.6. The second-order valence-corrected chi connectivity index (χ2v) is 18.8. The summed E-state index contributed by atoms with van der Waals surface area (Å²) >= 11 is 0. The summed E-state index contributed by atoms with van der Waals surface area (Å²) in [5, 5.41) is 14.9. The first kappa shape index (κ1) is 44.1. The van der Waals surface area contributed by atoms with Crippen LogP contribution >= 0.6 is 0 Å². The van der Waals surface area contributed by atoms with Gasteiger partial charge in [-0.3, -0.25) is 0 Å². The molecule has 0 amide bonds. The van der Waals surface area contributed by atoms with Crippen molar-refractivity contribution in [2.24, 2.45) is 0 Å². The van der Waals surface area contributed by atoms with E-state index in [0.717, 1.165) is 94.5 Å². The van der Waals surface area contributed by atoms with Crippen LogP contribution in [-0.2, 0) is 0 Å². The van der Waals surface area contributed by atoms with Gasteiger partial charge in [-0.05, 0) is 83.9 Å². The molecule has 76 heavy (non-hydrogen) atoms. The lowest BCUT2D eigenvalue weighted by Crippen LogP contribution is -2.04. The van der Waals surface area contributed by atoms with E-state index in [9.17, 15) is 5.26 Å². The van der Waals surface area contributed by atoms with Crippen LogP contribution in [-0.4, -0.2) is 34.1 Å². The largest absolute Gasteiger partial charge is 0.309 e. The first-order valence-electron chi connectivity index (χ1n) is 25.2. The molecule has 8 nitrogen and oxygen atoms in total. The average Bonchev–Trinajstić information content (AvgIpc) is 4.04. The molecule has 0 radical (unpaired) electrons. The Kier molecular flexibility index (Phi) is 10.7. The van der Waals surface area contributed by atoms with Crippen LogP contribution in [0.25, 0.3) is 134 Å². The Bertz CT molecular complexity index is 4410. The molecule has 4 heterocycles. The smallest absolute Gasteiger partial charge is 0.166 e. The Morgan fingerprint density at radius 3 is 1.30 bits per heavy atom. The van der Waals surface area contributed by atoms with Crippen LogP contribution in [0.3, 0.4) is 0 Å². The molecule has 0 saturated carbocycles. The van der Waals surface area contributed by atoms with Crippen molar-refractivity contribution in [2.45, 2.75) is 0 Å². The van der Waals surface area contributed by atoms with Crippen molar-refractivity contribution in [3.63, 3.8) is 0 Å². The Balaban J connectivity index is 0.993. The summed E-state index contributed by atoms with van der Waals surface area (Å²) in [6, 6.07) is 90.0. The number of nitriles is 1. The highest BCUT2D eigenvalue weighted by atomic mass is 15.1. The lowest BCUT2D eigenvalue weighted by molar-refractivity contribution is 1.06. The number of para-hydroxylation sites is 3. The summed E-state index contributed by atoms with van der Waals surface area (Å²) < 4.78 is 4.65. The minimum atomic E-state index is 0.465. The predicted molar refractivity (Wildman–Crippen MR) is 307 cm³/mol. The van der Waals surface area contributed by atoms with Crippen LogP contribution < -0.4 is 0 Å². The number of benzene rings is 10. The molecular weight excluding hydrogens is 929 g/mol. The maximum absolute atomic E-state index is 10.4. The third kappa shape index (κ3) is 7.75. The molecule has 0 saturated heterocycles. The van der Waals surface area contributed by atoms with Crippen LogP contribution in [0.4, 0.5) is 0 Å². The lowest BCUT2D eigenvalue weighted by atomic mass is 9.97. The Morgan fingerprint density at radius 2 is 0.737 bits per heavy atom. The molecule has 0 spiro atoms. The van der Waals surface area contributed by atoms with Gasteiger partial charge in [-0.2, -0.15) is 5.26 Å². The van der Waals surface area contributed by atoms with Crippen LogP contribution in [0.5, 0.6) is 0 Å². The van der Waals surface area contributed by atoms with Crippen molar-refractivity contribution >= 4 is 43.6 Å². The topological polar surface area (TPSA) is 98.1 Å². The molecular formula is C68H42N8. The SMILES string of the molecule is N#Cc1ccc(-n2c3ccccc3c3cc(-c4cc(-c5cc(-c6ccccc6)nc(-c6ccccc6)n5)cc(-n5c6ccccc6c6ccccc65)c4)ccc32)c(-c2nc(-c3ccccc3)nc(-c3ccccc3)n2)c1. The van der Waals surface area contributed by atoms with E-state index in [-0.39, 0.29) is 0 Å². The van der Waals surface area contributed by atoms with Crippen LogP contribution in [0.1, 0.15) is 5.56 Å². The monoisotopic (exact) mass is 970 g/mol. The van der Waals surface area contributed by atoms with E-state index in [1.165, 1.54) is 10.8 Å². The molecule has 0 fully saturated rings. The fourth-order valence-electron chi connectivity index (χ4n) is 10.6. The molecule has 0 bridgehead atoms. The number of hydrogen-bond donors (Lipinski definition) is 0. The predicted octanol–water partition coefficient (Wildman–Crippen LogP) is 16.4. The first-order chi connectivity index (χ1) is 37.6. The zero-order valence-corrected chi connectivity index (χ0v) is 40.8. The van der Waals surface area contributed by atoms with Crippen molar-refractivity contribution in [1.29, 1.82) is 5.26 Å². The van der Waals surface area contributed by atoms with Crippen molar-refractivity contribution in [3.8, 4) is 96.6 Å². The standard InChI is InChI=1S/C68H42N8/c69-43-44-33-35-64(57(37-44)68-73-66(47-23-9-3-10-24-47)72-67(74-68)48-25-11-4-12-26-48)76-62-32-18-15-29-55(62)56-41-49(34-36-63(56)76)50-38-51(40-52(39-50)75-60-30-16-13-27-53(60)54-28-14-17-31-61(54)75)59-42-58(45-19-5-1-6-20-45)70-65(71-59)46-21-7-2-8-22-46/h1-42H. The molecule has 0 unspecified atom stereocenters. The Labute approximate surface area is 437 Å². The van der Waals surface area contributed by atoms with Gasteiger partial charge < -0.3 is 9.13 Å². The number of rotatable bonds is 9. The number of nitrogens with zero attached hydrogens (tertiary/aromatic N) is 8. The van der Waals surface area contributed by atoms with Crippen molar-refractivity contribution in [1.82, 2.24) is 34.1 Å². The average molecular weight is 971 g/mol. The summed E-state index contributed by atoms with van der Waals surface area (Å²) in [5.74, 6) is 2.21. The van der Waals surface area contributed by atoms with Gasteiger partial charge in [0.2, 0.25) is 0 Å². The summed E-state index contributed by atoms with van der Waals surface area (Å²) in [4.78, 5) is 25.8. The van der Waals surface area contributed by atoms with Crippen molar-refractivity contribution in [3.05, 3.63) is 260 Å². The molecule has 0 aliphatic rings. The number of hydrogen-bond acceptors (Lipinski definition) is 6. The van der Waals surface area contributed by atoms with Crippen molar-refractivity contribution in [2.75, 3.05) is 0 Å². The van der Waals surface area contributed by atoms with Gasteiger partial charge in [-0.25, -0.2) is 24.9 Å². The molecule has 354 valence electrons. The van der Waals surface area contributed by atoms with Gasteiger partial charge in [0.1, 0.15) is 0 Å². The zero-order chi connectivity index (χ0) is 50.5. The minimum absolute atomic E-state index is 0.465. The summed E-state index contributed by atoms with van der Waals surface area (Å²) in [6.07, 6.45) is 0. The Morgan fingerprint density at radius 1 is 0.289 bits per heavy atom. The van der Waals surface area contributed by atoms with Gasteiger partial charge >= 0.3 is 0 Å². The second kappa shape index (κ2) is 18.5. The third-order valence-electron chi connectivity index (χ3n) is 14.2. The summed E-state index contributed by atoms with van der Waals surface area (Å²) in [7, 11) is 0. The van der Waals surface area contributed by atoms with E-state index in [4.69, 9.17) is 24.9 Å². The molecule has 8 heteroatoms. The van der Waals surface area contributed by atoms with E-state index < -0.39 is 0 Å². The van der Waals surface area contributed by atoms with E-state index in [0.29, 0.717) is 34.4 Å². The minimum Gasteiger partial charge on any atom is -0.309 e. The maximum atomic E-state index is 10.4. The number of aromatic nitrogens is 7. The summed E-state index contributed by atoms with van der Waals surface area (Å²) in [6.45, 7) is 0. The fraction of sp³-hybridized carbons (Fsp3) is 0. The van der Waals surface area contributed by atoms with E-state index in [1.54, 1.807) is 0 Å². The van der Waals surface area contributed by atoms with Crippen molar-refractivity contribution < 1.29 is 0 Å². The molecule has 4 aromatic heterocycles. The maximum Gasteiger partial charge on any atom is 0.166 e. The van der Waals surface area contributed by atoms with E-state index in [1.807, 2.05) is 115 Å². The van der Waals surface area contributed by atoms with E-state index in [2.05, 4.69) is 155 Å². The van der Waals surface area contributed by atoms with Gasteiger partial charge in [-0.1, -0.05) is 182 Å². The first-order valence-corrected chi connectivity index (χ1v) is 25.2. The van der Waals surface area contributed by atoms with Crippen LogP contribution in [0.2, 0.25) is 0 Å². The quantitative estimate of drug-likeness (QED) is 0.143. The molecule has 14 aromatic rings. The second-order valence-electron chi connectivity index (χ2n) is 18.8.